The molecule has 0 unspecified atom stereocenters. The highest BCUT2D eigenvalue weighted by Crippen LogP contribution is 2.05. The van der Waals surface area contributed by atoms with E-state index in [0.717, 1.165) is 37.9 Å². The van der Waals surface area contributed by atoms with Crippen molar-refractivity contribution in [2.75, 3.05) is 0 Å². The molecule has 0 spiro atoms. The average molecular weight is 195 g/mol. The molecule has 0 aromatic carbocycles. The van der Waals surface area contributed by atoms with Gasteiger partial charge in [0.15, 0.2) is 0 Å². The van der Waals surface area contributed by atoms with Gasteiger partial charge in [-0.1, -0.05) is 12.8 Å². The molecule has 0 atom stereocenters. The van der Waals surface area contributed by atoms with E-state index in [1.807, 2.05) is 0 Å². The number of H-pyrrole nitrogens is 1. The van der Waals surface area contributed by atoms with Gasteiger partial charge in [-0.3, -0.25) is 4.79 Å². The number of aromatic nitrogens is 2. The number of hydrogen-bond donors (Lipinski definition) is 2. The molecule has 0 aliphatic carbocycles. The SMILES string of the molecule is O=C(O)CCCCCCc1n[c]c[nH]1. The minimum atomic E-state index is -0.703. The summed E-state index contributed by atoms with van der Waals surface area (Å²) in [4.78, 5) is 17.2. The van der Waals surface area contributed by atoms with Gasteiger partial charge in [0.25, 0.3) is 0 Å². The summed E-state index contributed by atoms with van der Waals surface area (Å²) in [5, 5.41) is 8.40. The van der Waals surface area contributed by atoms with Gasteiger partial charge in [-0.05, 0) is 12.8 Å². The third kappa shape index (κ3) is 4.64. The lowest BCUT2D eigenvalue weighted by atomic mass is 10.1. The van der Waals surface area contributed by atoms with Crippen molar-refractivity contribution in [3.8, 4) is 0 Å². The first kappa shape index (κ1) is 10.8. The molecule has 0 saturated heterocycles. The van der Waals surface area contributed by atoms with Gasteiger partial charge in [-0.25, -0.2) is 4.98 Å². The van der Waals surface area contributed by atoms with E-state index in [9.17, 15) is 4.79 Å². The van der Waals surface area contributed by atoms with Crippen molar-refractivity contribution < 1.29 is 9.90 Å². The van der Waals surface area contributed by atoms with Gasteiger partial charge in [-0.15, -0.1) is 0 Å². The first-order valence-corrected chi connectivity index (χ1v) is 4.91. The number of carboxylic acids is 1. The lowest BCUT2D eigenvalue weighted by Gasteiger charge is -1.97. The second kappa shape index (κ2) is 6.18. The number of imidazole rings is 1. The zero-order valence-electron chi connectivity index (χ0n) is 8.12. The summed E-state index contributed by atoms with van der Waals surface area (Å²) in [7, 11) is 0. The number of hydrogen-bond acceptors (Lipinski definition) is 2. The van der Waals surface area contributed by atoms with Crippen LogP contribution in [-0.4, -0.2) is 21.0 Å². The molecule has 2 N–H and O–H groups in total. The Morgan fingerprint density at radius 1 is 1.43 bits per heavy atom. The van der Waals surface area contributed by atoms with E-state index in [4.69, 9.17) is 5.11 Å². The van der Waals surface area contributed by atoms with E-state index in [-0.39, 0.29) is 6.42 Å². The molecule has 77 valence electrons. The Morgan fingerprint density at radius 2 is 2.21 bits per heavy atom. The maximum absolute atomic E-state index is 10.2. The van der Waals surface area contributed by atoms with E-state index in [1.165, 1.54) is 0 Å². The van der Waals surface area contributed by atoms with Crippen LogP contribution in [0.25, 0.3) is 0 Å². The number of aliphatic carboxylic acids is 1. The molecule has 1 radical (unpaired) electrons. The Kier molecular flexibility index (Phi) is 4.75. The van der Waals surface area contributed by atoms with E-state index >= 15 is 0 Å². The summed E-state index contributed by atoms with van der Waals surface area (Å²) in [6, 6.07) is 0. The van der Waals surface area contributed by atoms with Crippen molar-refractivity contribution in [3.05, 3.63) is 18.2 Å². The Balaban J connectivity index is 1.92. The molecule has 1 rings (SSSR count). The number of carbonyl (C=O) groups is 1. The van der Waals surface area contributed by atoms with Gasteiger partial charge < -0.3 is 10.1 Å². The Morgan fingerprint density at radius 3 is 2.86 bits per heavy atom. The monoisotopic (exact) mass is 195 g/mol. The zero-order chi connectivity index (χ0) is 10.2. The average Bonchev–Trinajstić information content (AvgIpc) is 2.63. The number of carboxylic acid groups (broad SMARTS) is 1. The number of nitrogens with one attached hydrogen (secondary N) is 1. The molecule has 0 bridgehead atoms. The standard InChI is InChI=1S/C10H15N2O2/c13-10(14)6-4-2-1-3-5-9-11-7-8-12-9/h7H,1-6H2,(H,11,12)(H,13,14). The number of aryl methyl sites for hydroxylation is 1. The van der Waals surface area contributed by atoms with Crippen LogP contribution in [0, 0.1) is 6.20 Å². The van der Waals surface area contributed by atoms with Crippen LogP contribution in [0.15, 0.2) is 6.20 Å². The minimum Gasteiger partial charge on any atom is -0.481 e. The first-order chi connectivity index (χ1) is 6.79. The molecule has 1 aromatic heterocycles. The van der Waals surface area contributed by atoms with Crippen molar-refractivity contribution in [1.29, 1.82) is 0 Å². The van der Waals surface area contributed by atoms with E-state index < -0.39 is 5.97 Å². The predicted octanol–water partition coefficient (Wildman–Crippen LogP) is 1.79. The third-order valence-electron chi connectivity index (χ3n) is 2.06. The van der Waals surface area contributed by atoms with Crippen LogP contribution in [0.2, 0.25) is 0 Å². The molecule has 0 aliphatic rings. The van der Waals surface area contributed by atoms with Crippen molar-refractivity contribution >= 4 is 5.97 Å². The van der Waals surface area contributed by atoms with Gasteiger partial charge in [0, 0.05) is 19.0 Å². The number of nitrogens with zero attached hydrogens (tertiary/aromatic N) is 1. The second-order valence-corrected chi connectivity index (χ2v) is 3.28. The van der Waals surface area contributed by atoms with Crippen molar-refractivity contribution in [2.24, 2.45) is 0 Å². The summed E-state index contributed by atoms with van der Waals surface area (Å²) >= 11 is 0. The summed E-state index contributed by atoms with van der Waals surface area (Å²) in [5.74, 6) is 0.258. The Bertz CT molecular complexity index is 257. The summed E-state index contributed by atoms with van der Waals surface area (Å²) < 4.78 is 0. The molecule has 0 saturated carbocycles. The molecule has 1 heterocycles. The summed E-state index contributed by atoms with van der Waals surface area (Å²) in [5.41, 5.74) is 0. The highest BCUT2D eigenvalue weighted by molar-refractivity contribution is 5.66. The largest absolute Gasteiger partial charge is 0.481 e. The van der Waals surface area contributed by atoms with Crippen LogP contribution >= 0.6 is 0 Å². The van der Waals surface area contributed by atoms with Gasteiger partial charge in [0.05, 0.1) is 0 Å². The number of rotatable bonds is 7. The number of aromatic amines is 1. The maximum atomic E-state index is 10.2. The molecular formula is C10H15N2O2. The second-order valence-electron chi connectivity index (χ2n) is 3.28. The smallest absolute Gasteiger partial charge is 0.303 e. The van der Waals surface area contributed by atoms with Crippen LogP contribution in [0.5, 0.6) is 0 Å². The minimum absolute atomic E-state index is 0.286. The number of unbranched alkanes of at least 4 members (excludes halogenated alkanes) is 3. The summed E-state index contributed by atoms with van der Waals surface area (Å²) in [6.07, 6.45) is 9.50. The Hall–Kier alpha value is -1.32. The fourth-order valence-electron chi connectivity index (χ4n) is 1.31. The van der Waals surface area contributed by atoms with E-state index in [1.54, 1.807) is 6.20 Å². The fourth-order valence-corrected chi connectivity index (χ4v) is 1.31. The molecule has 0 amide bonds. The Labute approximate surface area is 83.4 Å². The lowest BCUT2D eigenvalue weighted by Crippen LogP contribution is -1.94. The van der Waals surface area contributed by atoms with Gasteiger partial charge in [0.2, 0.25) is 0 Å². The van der Waals surface area contributed by atoms with Crippen molar-refractivity contribution in [2.45, 2.75) is 38.5 Å². The van der Waals surface area contributed by atoms with Gasteiger partial charge in [-0.2, -0.15) is 0 Å². The normalized spacial score (nSPS) is 10.3. The van der Waals surface area contributed by atoms with Crippen molar-refractivity contribution in [1.82, 2.24) is 9.97 Å². The van der Waals surface area contributed by atoms with Gasteiger partial charge in [0.1, 0.15) is 12.0 Å². The molecule has 14 heavy (non-hydrogen) atoms. The van der Waals surface area contributed by atoms with Crippen LogP contribution < -0.4 is 0 Å². The molecule has 4 heteroatoms. The fraction of sp³-hybridized carbons (Fsp3) is 0.600. The van der Waals surface area contributed by atoms with E-state index in [2.05, 4.69) is 16.2 Å². The molecule has 0 fully saturated rings. The topological polar surface area (TPSA) is 66.0 Å². The molecular weight excluding hydrogens is 180 g/mol. The quantitative estimate of drug-likeness (QED) is 0.652. The zero-order valence-corrected chi connectivity index (χ0v) is 8.12. The highest BCUT2D eigenvalue weighted by atomic mass is 16.4. The van der Waals surface area contributed by atoms with Crippen LogP contribution in [-0.2, 0) is 11.2 Å². The highest BCUT2D eigenvalue weighted by Gasteiger charge is 1.97. The van der Waals surface area contributed by atoms with E-state index in [0.29, 0.717) is 0 Å². The van der Waals surface area contributed by atoms with Crippen LogP contribution in [0.1, 0.15) is 37.9 Å². The van der Waals surface area contributed by atoms with Crippen LogP contribution in [0.3, 0.4) is 0 Å². The first-order valence-electron chi connectivity index (χ1n) is 4.91. The molecule has 1 aromatic rings. The molecule has 4 nitrogen and oxygen atoms in total. The van der Waals surface area contributed by atoms with Crippen LogP contribution in [0.4, 0.5) is 0 Å². The van der Waals surface area contributed by atoms with Gasteiger partial charge >= 0.3 is 5.97 Å². The maximum Gasteiger partial charge on any atom is 0.303 e. The predicted molar refractivity (Wildman–Crippen MR) is 51.8 cm³/mol. The summed E-state index contributed by atoms with van der Waals surface area (Å²) in [6.45, 7) is 0. The third-order valence-corrected chi connectivity index (χ3v) is 2.06. The molecule has 0 aliphatic heterocycles. The lowest BCUT2D eigenvalue weighted by molar-refractivity contribution is -0.137. The van der Waals surface area contributed by atoms with Crippen molar-refractivity contribution in [3.63, 3.8) is 0 Å².